The number of hydrogen-bond acceptors (Lipinski definition) is 4. The molecule has 0 saturated carbocycles. The Morgan fingerprint density at radius 3 is 2.67 bits per heavy atom. The molecule has 1 aromatic heterocycles. The molecule has 1 aromatic carbocycles. The second kappa shape index (κ2) is 5.97. The number of nitrogens with zero attached hydrogens (tertiary/aromatic N) is 1. The van der Waals surface area contributed by atoms with Gasteiger partial charge in [0.25, 0.3) is 0 Å². The third-order valence-corrected chi connectivity index (χ3v) is 3.26. The summed E-state index contributed by atoms with van der Waals surface area (Å²) >= 11 is 5.82. The largest absolute Gasteiger partial charge is 0.469 e. The van der Waals surface area contributed by atoms with Crippen LogP contribution in [0.1, 0.15) is 17.7 Å². The molecule has 0 saturated heterocycles. The van der Waals surface area contributed by atoms with Crippen molar-refractivity contribution in [1.29, 1.82) is 0 Å². The van der Waals surface area contributed by atoms with E-state index >= 15 is 0 Å². The van der Waals surface area contributed by atoms with Crippen LogP contribution in [0.3, 0.4) is 0 Å². The lowest BCUT2D eigenvalue weighted by Crippen LogP contribution is -2.04. The molecular formula is C16H12ClNO3. The molecule has 3 rings (SSSR count). The van der Waals surface area contributed by atoms with Gasteiger partial charge in [-0.3, -0.25) is 0 Å². The van der Waals surface area contributed by atoms with Gasteiger partial charge in [-0.1, -0.05) is 23.7 Å². The minimum Gasteiger partial charge on any atom is -0.469 e. The van der Waals surface area contributed by atoms with Gasteiger partial charge < -0.3 is 9.15 Å². The number of aryl methyl sites for hydroxylation is 1. The Morgan fingerprint density at radius 1 is 1.14 bits per heavy atom. The lowest BCUT2D eigenvalue weighted by molar-refractivity contribution is -0.130. The molecule has 5 heteroatoms. The second-order valence-corrected chi connectivity index (χ2v) is 4.99. The number of esters is 1. The van der Waals surface area contributed by atoms with Crippen LogP contribution in [-0.2, 0) is 16.0 Å². The Kier molecular flexibility index (Phi) is 3.88. The Morgan fingerprint density at radius 2 is 1.95 bits per heavy atom. The Labute approximate surface area is 126 Å². The number of furan rings is 1. The Bertz CT molecular complexity index is 700. The van der Waals surface area contributed by atoms with E-state index in [1.54, 1.807) is 24.5 Å². The van der Waals surface area contributed by atoms with Crippen molar-refractivity contribution in [1.82, 2.24) is 0 Å². The van der Waals surface area contributed by atoms with E-state index < -0.39 is 5.97 Å². The van der Waals surface area contributed by atoms with Crippen molar-refractivity contribution >= 4 is 29.5 Å². The van der Waals surface area contributed by atoms with Gasteiger partial charge in [-0.05, 0) is 35.9 Å². The van der Waals surface area contributed by atoms with E-state index in [2.05, 4.69) is 4.99 Å². The first-order valence-corrected chi connectivity index (χ1v) is 6.88. The molecule has 0 radical (unpaired) electrons. The molecule has 0 fully saturated rings. The lowest BCUT2D eigenvalue weighted by Gasteiger charge is -1.96. The van der Waals surface area contributed by atoms with E-state index in [1.807, 2.05) is 24.3 Å². The summed E-state index contributed by atoms with van der Waals surface area (Å²) in [6.45, 7) is 0. The number of carbonyl (C=O) groups is 1. The second-order valence-electron chi connectivity index (χ2n) is 4.56. The van der Waals surface area contributed by atoms with Crippen molar-refractivity contribution < 1.29 is 13.9 Å². The molecule has 0 spiro atoms. The fraction of sp³-hybridized carbons (Fsp3) is 0.125. The monoisotopic (exact) mass is 301 g/mol. The average Bonchev–Trinajstić information content (AvgIpc) is 3.10. The zero-order valence-corrected chi connectivity index (χ0v) is 11.8. The standard InChI is InChI=1S/C16H12ClNO3/c17-12-5-3-11(4-6-12)10-14-16(19)21-15(18-14)8-7-13-2-1-9-20-13/h1-6,9-10H,7-8H2/b14-10+. The van der Waals surface area contributed by atoms with Gasteiger partial charge in [-0.15, -0.1) is 0 Å². The number of benzene rings is 1. The topological polar surface area (TPSA) is 51.8 Å². The first-order chi connectivity index (χ1) is 10.2. The minimum atomic E-state index is -0.431. The summed E-state index contributed by atoms with van der Waals surface area (Å²) in [5.41, 5.74) is 1.15. The third kappa shape index (κ3) is 3.41. The van der Waals surface area contributed by atoms with Crippen molar-refractivity contribution in [2.45, 2.75) is 12.8 Å². The van der Waals surface area contributed by atoms with Gasteiger partial charge in [0.05, 0.1) is 6.26 Å². The van der Waals surface area contributed by atoms with Gasteiger partial charge >= 0.3 is 5.97 Å². The highest BCUT2D eigenvalue weighted by atomic mass is 35.5. The summed E-state index contributed by atoms with van der Waals surface area (Å²) in [6, 6.07) is 10.9. The van der Waals surface area contributed by atoms with E-state index in [4.69, 9.17) is 20.8 Å². The Hall–Kier alpha value is -2.33. The summed E-state index contributed by atoms with van der Waals surface area (Å²) in [5, 5.41) is 0.647. The number of rotatable bonds is 4. The predicted molar refractivity (Wildman–Crippen MR) is 80.0 cm³/mol. The number of halogens is 1. The summed E-state index contributed by atoms with van der Waals surface area (Å²) in [4.78, 5) is 16.0. The van der Waals surface area contributed by atoms with Crippen LogP contribution in [0.2, 0.25) is 5.02 Å². The van der Waals surface area contributed by atoms with Gasteiger partial charge in [-0.25, -0.2) is 9.79 Å². The van der Waals surface area contributed by atoms with Crippen LogP contribution >= 0.6 is 11.6 Å². The quantitative estimate of drug-likeness (QED) is 0.636. The summed E-state index contributed by atoms with van der Waals surface area (Å²) in [5.74, 6) is 0.819. The third-order valence-electron chi connectivity index (χ3n) is 3.00. The van der Waals surface area contributed by atoms with Crippen molar-refractivity contribution in [2.75, 3.05) is 0 Å². The molecule has 1 aliphatic rings. The van der Waals surface area contributed by atoms with Gasteiger partial charge in [0.2, 0.25) is 0 Å². The predicted octanol–water partition coefficient (Wildman–Crippen LogP) is 3.86. The molecule has 0 atom stereocenters. The lowest BCUT2D eigenvalue weighted by atomic mass is 10.2. The van der Waals surface area contributed by atoms with Crippen LogP contribution < -0.4 is 0 Å². The van der Waals surface area contributed by atoms with Crippen LogP contribution in [0.5, 0.6) is 0 Å². The van der Waals surface area contributed by atoms with Gasteiger partial charge in [0, 0.05) is 17.9 Å². The van der Waals surface area contributed by atoms with Gasteiger partial charge in [-0.2, -0.15) is 0 Å². The molecule has 0 amide bonds. The smallest absolute Gasteiger partial charge is 0.363 e. The molecule has 2 heterocycles. The molecular weight excluding hydrogens is 290 g/mol. The molecule has 4 nitrogen and oxygen atoms in total. The molecule has 106 valence electrons. The number of cyclic esters (lactones) is 1. The fourth-order valence-electron chi connectivity index (χ4n) is 1.96. The first-order valence-electron chi connectivity index (χ1n) is 6.50. The van der Waals surface area contributed by atoms with Crippen molar-refractivity contribution in [3.8, 4) is 0 Å². The van der Waals surface area contributed by atoms with Crippen LogP contribution in [0.4, 0.5) is 0 Å². The van der Waals surface area contributed by atoms with Crippen LogP contribution in [0.25, 0.3) is 6.08 Å². The maximum atomic E-state index is 11.8. The summed E-state index contributed by atoms with van der Waals surface area (Å²) in [7, 11) is 0. The normalized spacial score (nSPS) is 16.1. The Balaban J connectivity index is 1.71. The molecule has 0 bridgehead atoms. The van der Waals surface area contributed by atoms with Crippen LogP contribution in [-0.4, -0.2) is 11.9 Å². The average molecular weight is 302 g/mol. The van der Waals surface area contributed by atoms with Gasteiger partial charge in [0.15, 0.2) is 11.6 Å². The maximum absolute atomic E-state index is 11.8. The highest BCUT2D eigenvalue weighted by Crippen LogP contribution is 2.19. The zero-order valence-electron chi connectivity index (χ0n) is 11.1. The molecule has 1 aliphatic heterocycles. The first kappa shape index (κ1) is 13.6. The van der Waals surface area contributed by atoms with E-state index in [0.29, 0.717) is 29.5 Å². The van der Waals surface area contributed by atoms with E-state index in [-0.39, 0.29) is 0 Å². The number of aliphatic imine (C=N–C) groups is 1. The number of carbonyl (C=O) groups excluding carboxylic acids is 1. The molecule has 0 N–H and O–H groups in total. The highest BCUT2D eigenvalue weighted by molar-refractivity contribution is 6.30. The van der Waals surface area contributed by atoms with Crippen molar-refractivity contribution in [3.63, 3.8) is 0 Å². The van der Waals surface area contributed by atoms with Crippen LogP contribution in [0.15, 0.2) is 57.8 Å². The molecule has 0 aliphatic carbocycles. The number of ether oxygens (including phenoxy) is 1. The fourth-order valence-corrected chi connectivity index (χ4v) is 2.09. The molecule has 0 unspecified atom stereocenters. The van der Waals surface area contributed by atoms with Gasteiger partial charge in [0.1, 0.15) is 5.76 Å². The summed E-state index contributed by atoms with van der Waals surface area (Å²) in [6.07, 6.45) is 4.47. The van der Waals surface area contributed by atoms with E-state index in [1.165, 1.54) is 0 Å². The van der Waals surface area contributed by atoms with E-state index in [0.717, 1.165) is 11.3 Å². The van der Waals surface area contributed by atoms with Crippen LogP contribution in [0, 0.1) is 0 Å². The SMILES string of the molecule is O=C1OC(CCc2ccco2)=N/C1=C/c1ccc(Cl)cc1. The minimum absolute atomic E-state index is 0.298. The summed E-state index contributed by atoms with van der Waals surface area (Å²) < 4.78 is 10.4. The number of hydrogen-bond donors (Lipinski definition) is 0. The zero-order chi connectivity index (χ0) is 14.7. The maximum Gasteiger partial charge on any atom is 0.363 e. The van der Waals surface area contributed by atoms with Crippen molar-refractivity contribution in [3.05, 3.63) is 64.7 Å². The molecule has 21 heavy (non-hydrogen) atoms. The van der Waals surface area contributed by atoms with Crippen molar-refractivity contribution in [2.24, 2.45) is 4.99 Å². The highest BCUT2D eigenvalue weighted by Gasteiger charge is 2.22. The van der Waals surface area contributed by atoms with E-state index in [9.17, 15) is 4.79 Å². The molecule has 2 aromatic rings.